The summed E-state index contributed by atoms with van der Waals surface area (Å²) in [6, 6.07) is 3.96. The van der Waals surface area contributed by atoms with E-state index in [1.54, 1.807) is 14.2 Å². The summed E-state index contributed by atoms with van der Waals surface area (Å²) in [7, 11) is 5.39. The highest BCUT2D eigenvalue weighted by Crippen LogP contribution is 2.33. The highest BCUT2D eigenvalue weighted by Gasteiger charge is 2.17. The van der Waals surface area contributed by atoms with E-state index in [4.69, 9.17) is 14.2 Å². The first-order chi connectivity index (χ1) is 10.1. The summed E-state index contributed by atoms with van der Waals surface area (Å²) >= 11 is 3.60. The van der Waals surface area contributed by atoms with Crippen molar-refractivity contribution >= 4 is 15.9 Å². The van der Waals surface area contributed by atoms with Crippen molar-refractivity contribution in [3.63, 3.8) is 0 Å². The number of ether oxygens (including phenoxy) is 3. The van der Waals surface area contributed by atoms with E-state index >= 15 is 0 Å². The molecule has 0 spiro atoms. The number of hydrogen-bond acceptors (Lipinski definition) is 5. The van der Waals surface area contributed by atoms with Crippen LogP contribution >= 0.6 is 15.9 Å². The molecule has 1 atom stereocenters. The molecule has 0 bridgehead atoms. The molecule has 118 valence electrons. The van der Waals surface area contributed by atoms with Crippen LogP contribution in [0.25, 0.3) is 0 Å². The molecule has 0 amide bonds. The second-order valence-electron chi connectivity index (χ2n) is 5.19. The number of methoxy groups -OCH3 is 2. The van der Waals surface area contributed by atoms with Crippen LogP contribution in [0.1, 0.15) is 5.56 Å². The van der Waals surface area contributed by atoms with E-state index in [1.807, 2.05) is 12.1 Å². The number of morpholine rings is 1. The topological polar surface area (TPSA) is 43.0 Å². The first-order valence-electron chi connectivity index (χ1n) is 7.05. The second-order valence-corrected chi connectivity index (χ2v) is 6.05. The van der Waals surface area contributed by atoms with Crippen molar-refractivity contribution in [2.24, 2.45) is 0 Å². The largest absolute Gasteiger partial charge is 0.493 e. The van der Waals surface area contributed by atoms with E-state index < -0.39 is 0 Å². The number of hydrogen-bond donors (Lipinski definition) is 1. The summed E-state index contributed by atoms with van der Waals surface area (Å²) in [6.07, 6.45) is 0.252. The number of likely N-dealkylation sites (N-methyl/N-ethyl adjacent to an activating group) is 1. The third-order valence-electron chi connectivity index (χ3n) is 3.51. The Morgan fingerprint density at radius 3 is 2.67 bits per heavy atom. The molecule has 0 saturated carbocycles. The minimum absolute atomic E-state index is 0.252. The Morgan fingerprint density at radius 1 is 1.33 bits per heavy atom. The van der Waals surface area contributed by atoms with Gasteiger partial charge in [0.2, 0.25) is 0 Å². The van der Waals surface area contributed by atoms with Crippen molar-refractivity contribution in [1.82, 2.24) is 10.2 Å². The summed E-state index contributed by atoms with van der Waals surface area (Å²) in [5.74, 6) is 1.48. The van der Waals surface area contributed by atoms with Crippen LogP contribution in [0.15, 0.2) is 16.6 Å². The third-order valence-corrected chi connectivity index (χ3v) is 4.25. The van der Waals surface area contributed by atoms with Gasteiger partial charge in [-0.25, -0.2) is 0 Å². The lowest BCUT2D eigenvalue weighted by Crippen LogP contribution is -2.44. The maximum Gasteiger partial charge on any atom is 0.161 e. The first-order valence-corrected chi connectivity index (χ1v) is 7.84. The quantitative estimate of drug-likeness (QED) is 0.840. The fraction of sp³-hybridized carbons (Fsp3) is 0.600. The molecule has 0 radical (unpaired) electrons. The van der Waals surface area contributed by atoms with E-state index in [9.17, 15) is 0 Å². The lowest BCUT2D eigenvalue weighted by molar-refractivity contribution is 0.00881. The van der Waals surface area contributed by atoms with Crippen LogP contribution in [0.4, 0.5) is 0 Å². The molecular weight excluding hydrogens is 336 g/mol. The van der Waals surface area contributed by atoms with Gasteiger partial charge in [0, 0.05) is 30.7 Å². The Hall–Kier alpha value is -0.820. The van der Waals surface area contributed by atoms with Gasteiger partial charge in [-0.05, 0) is 24.7 Å². The smallest absolute Gasteiger partial charge is 0.161 e. The molecule has 1 N–H and O–H groups in total. The zero-order valence-electron chi connectivity index (χ0n) is 12.8. The van der Waals surface area contributed by atoms with Gasteiger partial charge in [0.25, 0.3) is 0 Å². The van der Waals surface area contributed by atoms with Crippen LogP contribution < -0.4 is 14.8 Å². The predicted octanol–water partition coefficient (Wildman–Crippen LogP) is 1.89. The molecule has 0 aromatic heterocycles. The fourth-order valence-corrected chi connectivity index (χ4v) is 2.91. The van der Waals surface area contributed by atoms with Gasteiger partial charge in [-0.15, -0.1) is 0 Å². The van der Waals surface area contributed by atoms with Crippen LogP contribution in [0.2, 0.25) is 0 Å². The minimum Gasteiger partial charge on any atom is -0.493 e. The Bertz CT molecular complexity index is 464. The van der Waals surface area contributed by atoms with E-state index in [0.29, 0.717) is 0 Å². The second kappa shape index (κ2) is 7.98. The van der Waals surface area contributed by atoms with E-state index in [2.05, 4.69) is 33.2 Å². The van der Waals surface area contributed by atoms with Crippen molar-refractivity contribution in [2.75, 3.05) is 47.5 Å². The molecule has 21 heavy (non-hydrogen) atoms. The summed E-state index contributed by atoms with van der Waals surface area (Å²) in [5.41, 5.74) is 1.17. The molecule has 1 aliphatic rings. The highest BCUT2D eigenvalue weighted by atomic mass is 79.9. The highest BCUT2D eigenvalue weighted by molar-refractivity contribution is 9.10. The number of halogens is 1. The monoisotopic (exact) mass is 358 g/mol. The normalized spacial score (nSPS) is 18.8. The van der Waals surface area contributed by atoms with Crippen LogP contribution in [0.5, 0.6) is 11.5 Å². The van der Waals surface area contributed by atoms with Crippen molar-refractivity contribution in [3.05, 3.63) is 22.2 Å². The minimum atomic E-state index is 0.252. The summed E-state index contributed by atoms with van der Waals surface area (Å²) in [5, 5.41) is 3.35. The molecule has 2 rings (SSSR count). The predicted molar refractivity (Wildman–Crippen MR) is 86.2 cm³/mol. The van der Waals surface area contributed by atoms with Gasteiger partial charge < -0.3 is 19.5 Å². The number of rotatable bonds is 6. The average Bonchev–Trinajstić information content (AvgIpc) is 2.49. The van der Waals surface area contributed by atoms with E-state index in [0.717, 1.165) is 48.8 Å². The molecule has 1 fully saturated rings. The molecule has 1 heterocycles. The first kappa shape index (κ1) is 16.5. The molecule has 1 aliphatic heterocycles. The standard InChI is InChI=1S/C15H23BrN2O3/c1-18(10-12-8-17-4-5-21-12)9-11-6-14(19-2)15(20-3)7-13(11)16/h6-7,12,17H,4-5,8-10H2,1-3H3. The number of benzene rings is 1. The Kier molecular flexibility index (Phi) is 6.29. The maximum absolute atomic E-state index is 5.74. The van der Waals surface area contributed by atoms with Crippen LogP contribution in [-0.4, -0.2) is 58.5 Å². The van der Waals surface area contributed by atoms with Crippen molar-refractivity contribution in [2.45, 2.75) is 12.6 Å². The Labute approximate surface area is 134 Å². The molecule has 1 aromatic carbocycles. The van der Waals surface area contributed by atoms with Crippen LogP contribution in [0.3, 0.4) is 0 Å². The van der Waals surface area contributed by atoms with Gasteiger partial charge in [-0.2, -0.15) is 0 Å². The van der Waals surface area contributed by atoms with Gasteiger partial charge in [0.15, 0.2) is 11.5 Å². The van der Waals surface area contributed by atoms with Gasteiger partial charge in [-0.1, -0.05) is 15.9 Å². The van der Waals surface area contributed by atoms with Gasteiger partial charge in [0.05, 0.1) is 26.9 Å². The molecule has 1 aromatic rings. The van der Waals surface area contributed by atoms with Gasteiger partial charge in [-0.3, -0.25) is 4.90 Å². The molecule has 1 unspecified atom stereocenters. The van der Waals surface area contributed by atoms with E-state index in [1.165, 1.54) is 5.56 Å². The van der Waals surface area contributed by atoms with Crippen molar-refractivity contribution < 1.29 is 14.2 Å². The van der Waals surface area contributed by atoms with Crippen LogP contribution in [-0.2, 0) is 11.3 Å². The number of nitrogens with zero attached hydrogens (tertiary/aromatic N) is 1. The third kappa shape index (κ3) is 4.57. The lowest BCUT2D eigenvalue weighted by Gasteiger charge is -2.28. The van der Waals surface area contributed by atoms with Crippen LogP contribution in [0, 0.1) is 0 Å². The molecule has 6 heteroatoms. The Balaban J connectivity index is 2.00. The number of nitrogens with one attached hydrogen (secondary N) is 1. The average molecular weight is 359 g/mol. The maximum atomic E-state index is 5.74. The van der Waals surface area contributed by atoms with Gasteiger partial charge >= 0.3 is 0 Å². The molecule has 5 nitrogen and oxygen atoms in total. The Morgan fingerprint density at radius 2 is 2.05 bits per heavy atom. The molecule has 1 saturated heterocycles. The zero-order valence-corrected chi connectivity index (χ0v) is 14.4. The zero-order chi connectivity index (χ0) is 15.2. The molecule has 0 aliphatic carbocycles. The fourth-order valence-electron chi connectivity index (χ4n) is 2.46. The van der Waals surface area contributed by atoms with Gasteiger partial charge in [0.1, 0.15) is 0 Å². The summed E-state index contributed by atoms with van der Waals surface area (Å²) in [4.78, 5) is 2.25. The molecular formula is C15H23BrN2O3. The SMILES string of the molecule is COc1cc(Br)c(CN(C)CC2CNCCO2)cc1OC. The van der Waals surface area contributed by atoms with Crippen molar-refractivity contribution in [3.8, 4) is 11.5 Å². The summed E-state index contributed by atoms with van der Waals surface area (Å²) < 4.78 is 17.4. The lowest BCUT2D eigenvalue weighted by atomic mass is 10.2. The summed E-state index contributed by atoms with van der Waals surface area (Å²) in [6.45, 7) is 4.37. The van der Waals surface area contributed by atoms with Crippen molar-refractivity contribution in [1.29, 1.82) is 0 Å². The van der Waals surface area contributed by atoms with E-state index in [-0.39, 0.29) is 6.10 Å².